The molecule has 0 saturated heterocycles. The number of ether oxygens (including phenoxy) is 1. The Morgan fingerprint density at radius 1 is 1.62 bits per heavy atom. The number of rotatable bonds is 5. The van der Waals surface area contributed by atoms with Gasteiger partial charge in [0, 0.05) is 30.5 Å². The van der Waals surface area contributed by atoms with Crippen molar-refractivity contribution >= 4 is 0 Å². The second-order valence-corrected chi connectivity index (χ2v) is 4.97. The van der Waals surface area contributed by atoms with Crippen molar-refractivity contribution in [3.05, 3.63) is 18.2 Å². The van der Waals surface area contributed by atoms with E-state index in [2.05, 4.69) is 36.1 Å². The summed E-state index contributed by atoms with van der Waals surface area (Å²) in [7, 11) is 0. The predicted molar refractivity (Wildman–Crippen MR) is 63.0 cm³/mol. The Morgan fingerprint density at radius 3 is 3.00 bits per heavy atom. The highest BCUT2D eigenvalue weighted by atomic mass is 16.5. The molecule has 4 heteroatoms. The van der Waals surface area contributed by atoms with E-state index in [4.69, 9.17) is 4.74 Å². The summed E-state index contributed by atoms with van der Waals surface area (Å²) >= 11 is 0. The highest BCUT2D eigenvalue weighted by Crippen LogP contribution is 2.42. The molecular weight excluding hydrogens is 202 g/mol. The number of hydrogen-bond acceptors (Lipinski definition) is 3. The van der Waals surface area contributed by atoms with Gasteiger partial charge in [-0.15, -0.1) is 0 Å². The van der Waals surface area contributed by atoms with Gasteiger partial charge in [-0.3, -0.25) is 0 Å². The molecule has 2 atom stereocenters. The normalized spacial score (nSPS) is 27.7. The van der Waals surface area contributed by atoms with Gasteiger partial charge in [0.15, 0.2) is 0 Å². The smallest absolute Gasteiger partial charge is 0.120 e. The van der Waals surface area contributed by atoms with E-state index in [0.29, 0.717) is 12.1 Å². The van der Waals surface area contributed by atoms with Gasteiger partial charge >= 0.3 is 0 Å². The van der Waals surface area contributed by atoms with Crippen LogP contribution in [0.5, 0.6) is 0 Å². The van der Waals surface area contributed by atoms with Crippen molar-refractivity contribution in [3.8, 4) is 0 Å². The molecule has 16 heavy (non-hydrogen) atoms. The SMILES string of the molecule is CCOC1CC(NCc2ncc[nH]2)C1(C)C. The summed E-state index contributed by atoms with van der Waals surface area (Å²) in [5.41, 5.74) is 0.225. The van der Waals surface area contributed by atoms with E-state index in [1.165, 1.54) is 0 Å². The molecule has 1 aliphatic carbocycles. The fourth-order valence-electron chi connectivity index (χ4n) is 2.33. The number of aromatic nitrogens is 2. The van der Waals surface area contributed by atoms with E-state index in [9.17, 15) is 0 Å². The van der Waals surface area contributed by atoms with Crippen molar-refractivity contribution in [2.24, 2.45) is 5.41 Å². The summed E-state index contributed by atoms with van der Waals surface area (Å²) in [4.78, 5) is 7.30. The summed E-state index contributed by atoms with van der Waals surface area (Å²) in [6.07, 6.45) is 5.13. The standard InChI is InChI=1S/C12H21N3O/c1-4-16-10-7-9(12(10,2)3)15-8-11-13-5-6-14-11/h5-6,9-10,15H,4,7-8H2,1-3H3,(H,13,14). The van der Waals surface area contributed by atoms with Gasteiger partial charge in [0.1, 0.15) is 5.82 Å². The van der Waals surface area contributed by atoms with E-state index in [0.717, 1.165) is 25.4 Å². The second-order valence-electron chi connectivity index (χ2n) is 4.97. The Hall–Kier alpha value is -0.870. The molecule has 0 amide bonds. The van der Waals surface area contributed by atoms with E-state index in [-0.39, 0.29) is 5.41 Å². The Morgan fingerprint density at radius 2 is 2.44 bits per heavy atom. The second kappa shape index (κ2) is 4.55. The number of nitrogens with one attached hydrogen (secondary N) is 2. The van der Waals surface area contributed by atoms with E-state index in [1.807, 2.05) is 6.20 Å². The van der Waals surface area contributed by atoms with Crippen LogP contribution in [0.3, 0.4) is 0 Å². The molecule has 0 spiro atoms. The van der Waals surface area contributed by atoms with Gasteiger partial charge in [0.2, 0.25) is 0 Å². The van der Waals surface area contributed by atoms with Crippen LogP contribution in [-0.2, 0) is 11.3 Å². The molecule has 1 fully saturated rings. The first kappa shape index (κ1) is 11.6. The molecule has 2 N–H and O–H groups in total. The molecule has 2 rings (SSSR count). The van der Waals surface area contributed by atoms with E-state index >= 15 is 0 Å². The Labute approximate surface area is 96.8 Å². The van der Waals surface area contributed by atoms with Gasteiger partial charge in [0.05, 0.1) is 12.6 Å². The van der Waals surface area contributed by atoms with Crippen LogP contribution in [0.1, 0.15) is 33.0 Å². The first-order valence-corrected chi connectivity index (χ1v) is 5.97. The molecule has 0 bridgehead atoms. The van der Waals surface area contributed by atoms with Crippen molar-refractivity contribution in [3.63, 3.8) is 0 Å². The zero-order chi connectivity index (χ0) is 11.6. The van der Waals surface area contributed by atoms with Crippen LogP contribution in [0.15, 0.2) is 12.4 Å². The van der Waals surface area contributed by atoms with Gasteiger partial charge in [-0.25, -0.2) is 4.98 Å². The van der Waals surface area contributed by atoms with Crippen molar-refractivity contribution in [1.82, 2.24) is 15.3 Å². The van der Waals surface area contributed by atoms with Crippen molar-refractivity contribution < 1.29 is 4.74 Å². The van der Waals surface area contributed by atoms with Crippen molar-refractivity contribution in [1.29, 1.82) is 0 Å². The predicted octanol–water partition coefficient (Wildman–Crippen LogP) is 1.70. The lowest BCUT2D eigenvalue weighted by molar-refractivity contribution is -0.114. The fourth-order valence-corrected chi connectivity index (χ4v) is 2.33. The van der Waals surface area contributed by atoms with E-state index in [1.54, 1.807) is 6.20 Å². The Balaban J connectivity index is 1.80. The number of nitrogens with zero attached hydrogens (tertiary/aromatic N) is 1. The molecule has 0 aliphatic heterocycles. The minimum Gasteiger partial charge on any atom is -0.378 e. The van der Waals surface area contributed by atoms with E-state index < -0.39 is 0 Å². The number of H-pyrrole nitrogens is 1. The maximum atomic E-state index is 5.70. The van der Waals surface area contributed by atoms with Crippen LogP contribution in [0.2, 0.25) is 0 Å². The lowest BCUT2D eigenvalue weighted by Gasteiger charge is -2.51. The molecule has 1 aromatic heterocycles. The summed E-state index contributed by atoms with van der Waals surface area (Å²) in [6, 6.07) is 0.522. The summed E-state index contributed by atoms with van der Waals surface area (Å²) < 4.78 is 5.70. The van der Waals surface area contributed by atoms with Gasteiger partial charge in [-0.2, -0.15) is 0 Å². The zero-order valence-corrected chi connectivity index (χ0v) is 10.3. The van der Waals surface area contributed by atoms with Crippen LogP contribution in [-0.4, -0.2) is 28.7 Å². The summed E-state index contributed by atoms with van der Waals surface area (Å²) in [6.45, 7) is 8.19. The zero-order valence-electron chi connectivity index (χ0n) is 10.3. The number of hydrogen-bond donors (Lipinski definition) is 2. The Bertz CT molecular complexity index is 321. The van der Waals surface area contributed by atoms with Crippen LogP contribution in [0.25, 0.3) is 0 Å². The lowest BCUT2D eigenvalue weighted by atomic mass is 9.64. The summed E-state index contributed by atoms with van der Waals surface area (Å²) in [5, 5.41) is 3.53. The molecule has 0 aromatic carbocycles. The third-order valence-corrected chi connectivity index (χ3v) is 3.62. The molecule has 0 radical (unpaired) electrons. The van der Waals surface area contributed by atoms with Gasteiger partial charge in [-0.1, -0.05) is 13.8 Å². The fraction of sp³-hybridized carbons (Fsp3) is 0.750. The van der Waals surface area contributed by atoms with Gasteiger partial charge in [-0.05, 0) is 13.3 Å². The molecule has 1 heterocycles. The maximum absolute atomic E-state index is 5.70. The minimum absolute atomic E-state index is 0.225. The van der Waals surface area contributed by atoms with Crippen LogP contribution in [0.4, 0.5) is 0 Å². The molecular formula is C12H21N3O. The number of imidazole rings is 1. The monoisotopic (exact) mass is 223 g/mol. The number of aromatic amines is 1. The van der Waals surface area contributed by atoms with Crippen LogP contribution >= 0.6 is 0 Å². The van der Waals surface area contributed by atoms with Crippen molar-refractivity contribution in [2.45, 2.75) is 45.9 Å². The first-order chi connectivity index (χ1) is 7.64. The quantitative estimate of drug-likeness (QED) is 0.799. The third kappa shape index (κ3) is 2.13. The van der Waals surface area contributed by atoms with Crippen molar-refractivity contribution in [2.75, 3.05) is 6.61 Å². The van der Waals surface area contributed by atoms with Gasteiger partial charge < -0.3 is 15.0 Å². The highest BCUT2D eigenvalue weighted by Gasteiger charge is 2.48. The molecule has 4 nitrogen and oxygen atoms in total. The lowest BCUT2D eigenvalue weighted by Crippen LogP contribution is -2.60. The largest absolute Gasteiger partial charge is 0.378 e. The Kier molecular flexibility index (Phi) is 3.30. The van der Waals surface area contributed by atoms with Gasteiger partial charge in [0.25, 0.3) is 0 Å². The van der Waals surface area contributed by atoms with Crippen LogP contribution in [0, 0.1) is 5.41 Å². The van der Waals surface area contributed by atoms with Crippen LogP contribution < -0.4 is 5.32 Å². The highest BCUT2D eigenvalue weighted by molar-refractivity contribution is 5.03. The first-order valence-electron chi connectivity index (χ1n) is 5.97. The minimum atomic E-state index is 0.225. The molecule has 1 aliphatic rings. The third-order valence-electron chi connectivity index (χ3n) is 3.62. The summed E-state index contributed by atoms with van der Waals surface area (Å²) in [5.74, 6) is 0.996. The molecule has 1 aromatic rings. The molecule has 90 valence electrons. The average Bonchev–Trinajstić information content (AvgIpc) is 2.75. The molecule has 1 saturated carbocycles. The maximum Gasteiger partial charge on any atom is 0.120 e. The topological polar surface area (TPSA) is 49.9 Å². The average molecular weight is 223 g/mol. The molecule has 2 unspecified atom stereocenters.